The van der Waals surface area contributed by atoms with Crippen LogP contribution in [0.5, 0.6) is 0 Å². The molecule has 106 valence electrons. The highest BCUT2D eigenvalue weighted by Gasteiger charge is 2.28. The van der Waals surface area contributed by atoms with Gasteiger partial charge in [-0.25, -0.2) is 0 Å². The maximum Gasteiger partial charge on any atom is 0.305 e. The largest absolute Gasteiger partial charge is 0.466 e. The Morgan fingerprint density at radius 3 is 2.61 bits per heavy atom. The van der Waals surface area contributed by atoms with Crippen LogP contribution in [-0.4, -0.2) is 25.2 Å². The standard InChI is InChI=1S/C15H29NO2/c1-4-18-15(17)8-6-5-7-11-16-14-10-9-12(2)13(14)3/h12-14,16H,4-11H2,1-3H3. The second-order valence-corrected chi connectivity index (χ2v) is 5.59. The Balaban J connectivity index is 1.94. The molecule has 0 spiro atoms. The predicted octanol–water partition coefficient (Wildman–Crippen LogP) is 3.13. The minimum absolute atomic E-state index is 0.0521. The lowest BCUT2D eigenvalue weighted by Crippen LogP contribution is -2.33. The second kappa shape index (κ2) is 8.52. The van der Waals surface area contributed by atoms with Crippen LogP contribution in [0.4, 0.5) is 0 Å². The topological polar surface area (TPSA) is 38.3 Å². The first-order valence-corrected chi connectivity index (χ1v) is 7.54. The average Bonchev–Trinajstić information content (AvgIpc) is 2.65. The molecule has 0 aromatic heterocycles. The lowest BCUT2D eigenvalue weighted by atomic mass is 9.98. The molecule has 0 aromatic carbocycles. The van der Waals surface area contributed by atoms with E-state index in [0.29, 0.717) is 19.1 Å². The lowest BCUT2D eigenvalue weighted by Gasteiger charge is -2.19. The highest BCUT2D eigenvalue weighted by atomic mass is 16.5. The van der Waals surface area contributed by atoms with Crippen molar-refractivity contribution in [2.24, 2.45) is 11.8 Å². The van der Waals surface area contributed by atoms with Gasteiger partial charge in [0.05, 0.1) is 6.61 Å². The van der Waals surface area contributed by atoms with Gasteiger partial charge >= 0.3 is 5.97 Å². The molecule has 3 heteroatoms. The number of carbonyl (C=O) groups excluding carboxylic acids is 1. The average molecular weight is 255 g/mol. The molecule has 0 aliphatic heterocycles. The molecule has 3 unspecified atom stereocenters. The Labute approximate surface area is 112 Å². The summed E-state index contributed by atoms with van der Waals surface area (Å²) in [7, 11) is 0. The molecule has 3 atom stereocenters. The Kier molecular flexibility index (Phi) is 7.33. The van der Waals surface area contributed by atoms with E-state index in [9.17, 15) is 4.79 Å². The van der Waals surface area contributed by atoms with Gasteiger partial charge in [0.2, 0.25) is 0 Å². The zero-order valence-corrected chi connectivity index (χ0v) is 12.2. The second-order valence-electron chi connectivity index (χ2n) is 5.59. The molecular formula is C15H29NO2. The highest BCUT2D eigenvalue weighted by molar-refractivity contribution is 5.69. The number of ether oxygens (including phenoxy) is 1. The van der Waals surface area contributed by atoms with Gasteiger partial charge in [-0.1, -0.05) is 20.3 Å². The first kappa shape index (κ1) is 15.5. The van der Waals surface area contributed by atoms with Gasteiger partial charge in [0.25, 0.3) is 0 Å². The SMILES string of the molecule is CCOC(=O)CCCCCNC1CCC(C)C1C. The van der Waals surface area contributed by atoms with Crippen LogP contribution in [0.25, 0.3) is 0 Å². The maximum absolute atomic E-state index is 11.1. The van der Waals surface area contributed by atoms with Crippen molar-refractivity contribution in [1.29, 1.82) is 0 Å². The van der Waals surface area contributed by atoms with E-state index < -0.39 is 0 Å². The van der Waals surface area contributed by atoms with Gasteiger partial charge in [0, 0.05) is 12.5 Å². The predicted molar refractivity (Wildman–Crippen MR) is 74.5 cm³/mol. The molecule has 0 bridgehead atoms. The fraction of sp³-hybridized carbons (Fsp3) is 0.933. The molecule has 1 aliphatic carbocycles. The third-order valence-electron chi connectivity index (χ3n) is 4.23. The van der Waals surface area contributed by atoms with E-state index in [2.05, 4.69) is 19.2 Å². The van der Waals surface area contributed by atoms with Crippen LogP contribution in [0.15, 0.2) is 0 Å². The van der Waals surface area contributed by atoms with Gasteiger partial charge in [0.15, 0.2) is 0 Å². The van der Waals surface area contributed by atoms with Gasteiger partial charge in [-0.05, 0) is 51.0 Å². The van der Waals surface area contributed by atoms with Crippen molar-refractivity contribution in [3.05, 3.63) is 0 Å². The van der Waals surface area contributed by atoms with E-state index in [1.54, 1.807) is 0 Å². The van der Waals surface area contributed by atoms with E-state index >= 15 is 0 Å². The lowest BCUT2D eigenvalue weighted by molar-refractivity contribution is -0.143. The highest BCUT2D eigenvalue weighted by Crippen LogP contribution is 2.30. The smallest absolute Gasteiger partial charge is 0.305 e. The molecule has 0 heterocycles. The maximum atomic E-state index is 11.1. The molecule has 0 radical (unpaired) electrons. The van der Waals surface area contributed by atoms with Gasteiger partial charge in [-0.3, -0.25) is 4.79 Å². The summed E-state index contributed by atoms with van der Waals surface area (Å²) in [5.41, 5.74) is 0. The van der Waals surface area contributed by atoms with Crippen molar-refractivity contribution in [2.75, 3.05) is 13.2 Å². The quantitative estimate of drug-likeness (QED) is 0.535. The Bertz CT molecular complexity index is 243. The number of hydrogen-bond acceptors (Lipinski definition) is 3. The van der Waals surface area contributed by atoms with E-state index in [4.69, 9.17) is 4.74 Å². The van der Waals surface area contributed by atoms with E-state index in [1.807, 2.05) is 6.92 Å². The number of unbranched alkanes of at least 4 members (excludes halogenated alkanes) is 2. The first-order valence-electron chi connectivity index (χ1n) is 7.54. The van der Waals surface area contributed by atoms with Crippen molar-refractivity contribution in [2.45, 2.75) is 65.3 Å². The van der Waals surface area contributed by atoms with Gasteiger partial charge in [-0.15, -0.1) is 0 Å². The fourth-order valence-corrected chi connectivity index (χ4v) is 2.74. The van der Waals surface area contributed by atoms with Crippen LogP contribution < -0.4 is 5.32 Å². The zero-order valence-electron chi connectivity index (χ0n) is 12.2. The van der Waals surface area contributed by atoms with Crippen molar-refractivity contribution in [3.8, 4) is 0 Å². The minimum Gasteiger partial charge on any atom is -0.466 e. The molecule has 1 aliphatic rings. The molecule has 1 rings (SSSR count). The van der Waals surface area contributed by atoms with Crippen LogP contribution >= 0.6 is 0 Å². The third-order valence-corrected chi connectivity index (χ3v) is 4.23. The summed E-state index contributed by atoms with van der Waals surface area (Å²) in [4.78, 5) is 11.1. The fourth-order valence-electron chi connectivity index (χ4n) is 2.74. The van der Waals surface area contributed by atoms with Gasteiger partial charge in [0.1, 0.15) is 0 Å². The first-order chi connectivity index (χ1) is 8.65. The van der Waals surface area contributed by atoms with E-state index in [1.165, 1.54) is 12.8 Å². The number of hydrogen-bond donors (Lipinski definition) is 1. The normalized spacial score (nSPS) is 27.4. The van der Waals surface area contributed by atoms with Crippen molar-refractivity contribution < 1.29 is 9.53 Å². The molecule has 1 saturated carbocycles. The zero-order chi connectivity index (χ0) is 13.4. The monoisotopic (exact) mass is 255 g/mol. The summed E-state index contributed by atoms with van der Waals surface area (Å²) in [5, 5.41) is 3.66. The summed E-state index contributed by atoms with van der Waals surface area (Å²) in [5.74, 6) is 1.62. The van der Waals surface area contributed by atoms with Crippen LogP contribution in [0.3, 0.4) is 0 Å². The third kappa shape index (κ3) is 5.38. The Hall–Kier alpha value is -0.570. The molecule has 0 saturated heterocycles. The number of esters is 1. The van der Waals surface area contributed by atoms with E-state index in [-0.39, 0.29) is 5.97 Å². The minimum atomic E-state index is -0.0521. The number of rotatable bonds is 8. The van der Waals surface area contributed by atoms with Crippen molar-refractivity contribution in [3.63, 3.8) is 0 Å². The Morgan fingerprint density at radius 1 is 1.22 bits per heavy atom. The molecular weight excluding hydrogens is 226 g/mol. The summed E-state index contributed by atoms with van der Waals surface area (Å²) in [6.07, 6.45) is 6.49. The van der Waals surface area contributed by atoms with Crippen LogP contribution in [-0.2, 0) is 9.53 Å². The molecule has 1 fully saturated rings. The summed E-state index contributed by atoms with van der Waals surface area (Å²) < 4.78 is 4.90. The van der Waals surface area contributed by atoms with Crippen LogP contribution in [0, 0.1) is 11.8 Å². The molecule has 0 aromatic rings. The summed E-state index contributed by atoms with van der Waals surface area (Å²) >= 11 is 0. The number of carbonyl (C=O) groups is 1. The summed E-state index contributed by atoms with van der Waals surface area (Å²) in [6.45, 7) is 8.15. The molecule has 18 heavy (non-hydrogen) atoms. The van der Waals surface area contributed by atoms with Crippen LogP contribution in [0.1, 0.15) is 59.3 Å². The molecule has 3 nitrogen and oxygen atoms in total. The van der Waals surface area contributed by atoms with Gasteiger partial charge in [-0.2, -0.15) is 0 Å². The van der Waals surface area contributed by atoms with Crippen molar-refractivity contribution in [1.82, 2.24) is 5.32 Å². The van der Waals surface area contributed by atoms with Crippen molar-refractivity contribution >= 4 is 5.97 Å². The molecule has 0 amide bonds. The summed E-state index contributed by atoms with van der Waals surface area (Å²) in [6, 6.07) is 0.713. The Morgan fingerprint density at radius 2 is 2.00 bits per heavy atom. The number of nitrogens with one attached hydrogen (secondary N) is 1. The van der Waals surface area contributed by atoms with Gasteiger partial charge < -0.3 is 10.1 Å². The van der Waals surface area contributed by atoms with E-state index in [0.717, 1.165) is 37.6 Å². The van der Waals surface area contributed by atoms with Crippen LogP contribution in [0.2, 0.25) is 0 Å². The molecule has 1 N–H and O–H groups in total.